The zero-order valence-corrected chi connectivity index (χ0v) is 29.2. The number of Topliss-reactive ketones (excluding diaryl/α,β-unsaturated/α-hetero) is 1. The van der Waals surface area contributed by atoms with E-state index < -0.39 is 6.10 Å². The van der Waals surface area contributed by atoms with E-state index in [1.807, 2.05) is 39.8 Å². The van der Waals surface area contributed by atoms with E-state index in [0.717, 1.165) is 16.8 Å². The highest BCUT2D eigenvalue weighted by molar-refractivity contribution is 6.34. The molecule has 0 bridgehead atoms. The maximum absolute atomic E-state index is 12.5. The molecular formula is C37H48ClN3O4. The molecule has 45 heavy (non-hydrogen) atoms. The van der Waals surface area contributed by atoms with Gasteiger partial charge in [0.15, 0.2) is 5.78 Å². The van der Waals surface area contributed by atoms with E-state index in [1.54, 1.807) is 11.7 Å². The third-order valence-corrected chi connectivity index (χ3v) is 9.16. The minimum absolute atomic E-state index is 0.00385. The number of benzene rings is 1. The van der Waals surface area contributed by atoms with Crippen LogP contribution in [0.25, 0.3) is 0 Å². The van der Waals surface area contributed by atoms with Crippen molar-refractivity contribution in [3.8, 4) is 12.3 Å². The molecule has 2 aromatic rings. The van der Waals surface area contributed by atoms with E-state index in [2.05, 4.69) is 69.2 Å². The number of hydrogen-bond donors (Lipinski definition) is 1. The van der Waals surface area contributed by atoms with Gasteiger partial charge in [0.1, 0.15) is 11.8 Å². The van der Waals surface area contributed by atoms with Crippen molar-refractivity contribution in [3.63, 3.8) is 0 Å². The van der Waals surface area contributed by atoms with Gasteiger partial charge in [-0.1, -0.05) is 89.1 Å². The van der Waals surface area contributed by atoms with Crippen molar-refractivity contribution in [2.75, 3.05) is 0 Å². The van der Waals surface area contributed by atoms with E-state index in [9.17, 15) is 14.4 Å². The van der Waals surface area contributed by atoms with E-state index in [4.69, 9.17) is 22.8 Å². The van der Waals surface area contributed by atoms with Gasteiger partial charge in [0.05, 0.1) is 23.1 Å². The van der Waals surface area contributed by atoms with Crippen LogP contribution in [-0.2, 0) is 39.8 Å². The summed E-state index contributed by atoms with van der Waals surface area (Å²) in [5.41, 5.74) is 6.19. The number of carbonyl (C=O) groups is 3. The lowest BCUT2D eigenvalue weighted by atomic mass is 9.87. The van der Waals surface area contributed by atoms with Crippen LogP contribution in [0.3, 0.4) is 0 Å². The summed E-state index contributed by atoms with van der Waals surface area (Å²) >= 11 is 6.23. The highest BCUT2D eigenvalue weighted by atomic mass is 35.5. The summed E-state index contributed by atoms with van der Waals surface area (Å²) in [5.74, 6) is 2.19. The van der Waals surface area contributed by atoms with E-state index in [-0.39, 0.29) is 46.7 Å². The molecule has 0 saturated heterocycles. The van der Waals surface area contributed by atoms with Crippen molar-refractivity contribution < 1.29 is 19.1 Å². The fourth-order valence-corrected chi connectivity index (χ4v) is 6.14. The summed E-state index contributed by atoms with van der Waals surface area (Å²) < 4.78 is 7.17. The third kappa shape index (κ3) is 8.35. The second-order valence-electron chi connectivity index (χ2n) is 13.9. The molecule has 8 heteroatoms. The Morgan fingerprint density at radius 3 is 2.36 bits per heavy atom. The number of halogens is 1. The summed E-state index contributed by atoms with van der Waals surface area (Å²) in [7, 11) is 1.73. The standard InChI is InChI=1S/C19H24O3.C18H24ClN3O/c1-7-8-13-12(4)16(10-15(13)20)22-18(21)17-14(9-11(2)3)19(17,5)6;1-6-14-15(19)16(22(5)21-14)17(23)20-11-12-7-9-13(10-8-12)18(2,3)4/h1,9,14,16-17H,8,10H2,2-6H3;7-10H,6,11H2,1-5H3,(H,20,23)/t14?,16-,17?;/m0./s1. The number of allylic oxidation sites excluding steroid dienone is 3. The molecule has 1 aromatic heterocycles. The van der Waals surface area contributed by atoms with Gasteiger partial charge in [0.2, 0.25) is 0 Å². The molecule has 2 aliphatic carbocycles. The molecule has 1 amide bonds. The number of ketones is 1. The van der Waals surface area contributed by atoms with Crippen molar-refractivity contribution in [2.45, 2.75) is 99.6 Å². The topological polar surface area (TPSA) is 90.3 Å². The second-order valence-corrected chi connectivity index (χ2v) is 14.3. The molecule has 1 saturated carbocycles. The Morgan fingerprint density at radius 1 is 1.22 bits per heavy atom. The first kappa shape index (κ1) is 35.8. The monoisotopic (exact) mass is 633 g/mol. The molecule has 3 atom stereocenters. The van der Waals surface area contributed by atoms with Crippen molar-refractivity contribution in [3.05, 3.63) is 74.6 Å². The van der Waals surface area contributed by atoms with Gasteiger partial charge >= 0.3 is 5.97 Å². The average molecular weight is 634 g/mol. The quantitative estimate of drug-likeness (QED) is 0.187. The van der Waals surface area contributed by atoms with Gasteiger partial charge in [-0.25, -0.2) is 0 Å². The number of terminal acetylenes is 1. The van der Waals surface area contributed by atoms with Crippen LogP contribution in [0.5, 0.6) is 0 Å². The Labute approximate surface area is 273 Å². The second kappa shape index (κ2) is 14.2. The highest BCUT2D eigenvalue weighted by Gasteiger charge is 2.61. The summed E-state index contributed by atoms with van der Waals surface area (Å²) in [6.45, 7) is 19.0. The molecule has 0 spiro atoms. The first-order valence-corrected chi connectivity index (χ1v) is 15.9. The van der Waals surface area contributed by atoms with Crippen molar-refractivity contribution >= 4 is 29.3 Å². The highest BCUT2D eigenvalue weighted by Crippen LogP contribution is 2.60. The van der Waals surface area contributed by atoms with E-state index in [0.29, 0.717) is 35.7 Å². The van der Waals surface area contributed by atoms with Crippen LogP contribution in [0, 0.1) is 29.6 Å². The Hall–Kier alpha value is -3.63. The minimum atomic E-state index is -0.438. The maximum Gasteiger partial charge on any atom is 0.310 e. The van der Waals surface area contributed by atoms with Gasteiger partial charge in [0, 0.05) is 25.6 Å². The largest absolute Gasteiger partial charge is 0.457 e. The molecule has 2 aliphatic rings. The molecule has 0 aliphatic heterocycles. The van der Waals surface area contributed by atoms with Gasteiger partial charge in [0.25, 0.3) is 5.91 Å². The Bertz CT molecular complexity index is 1540. The molecule has 1 N–H and O–H groups in total. The lowest BCUT2D eigenvalue weighted by molar-refractivity contribution is -0.150. The number of nitrogens with zero attached hydrogens (tertiary/aromatic N) is 2. The van der Waals surface area contributed by atoms with Crippen molar-refractivity contribution in [1.82, 2.24) is 15.1 Å². The molecule has 0 radical (unpaired) electrons. The van der Waals surface area contributed by atoms with Crippen LogP contribution in [-0.4, -0.2) is 33.5 Å². The van der Waals surface area contributed by atoms with Crippen molar-refractivity contribution in [2.24, 2.45) is 24.3 Å². The Kier molecular flexibility index (Phi) is 11.3. The molecular weight excluding hydrogens is 586 g/mol. The predicted molar refractivity (Wildman–Crippen MR) is 180 cm³/mol. The number of hydrogen-bond acceptors (Lipinski definition) is 5. The number of aromatic nitrogens is 2. The van der Waals surface area contributed by atoms with Crippen LogP contribution in [0.1, 0.15) is 102 Å². The first-order chi connectivity index (χ1) is 20.9. The van der Waals surface area contributed by atoms with Gasteiger partial charge in [-0.2, -0.15) is 5.10 Å². The molecule has 2 unspecified atom stereocenters. The zero-order chi connectivity index (χ0) is 33.9. The number of aryl methyl sites for hydroxylation is 2. The first-order valence-electron chi connectivity index (χ1n) is 15.5. The van der Waals surface area contributed by atoms with E-state index >= 15 is 0 Å². The number of carbonyl (C=O) groups excluding carboxylic acids is 3. The normalized spacial score (nSPS) is 20.1. The SMILES string of the molecule is C#CCC1=C(C)[C@@H](OC(=O)C2C(C=C(C)C)C2(C)C)CC1=O.CCc1nn(C)c(C(=O)NCc2ccc(C(C)(C)C)cc2)c1Cl. The lowest BCUT2D eigenvalue weighted by Crippen LogP contribution is -2.25. The van der Waals surface area contributed by atoms with Crippen LogP contribution in [0.4, 0.5) is 0 Å². The molecule has 4 rings (SSSR count). The minimum Gasteiger partial charge on any atom is -0.457 e. The molecule has 1 aromatic carbocycles. The Balaban J connectivity index is 0.000000246. The summed E-state index contributed by atoms with van der Waals surface area (Å²) in [4.78, 5) is 36.8. The zero-order valence-electron chi connectivity index (χ0n) is 28.4. The summed E-state index contributed by atoms with van der Waals surface area (Å²) in [6, 6.07) is 8.30. The lowest BCUT2D eigenvalue weighted by Gasteiger charge is -2.19. The summed E-state index contributed by atoms with van der Waals surface area (Å²) in [5, 5.41) is 7.62. The van der Waals surface area contributed by atoms with Crippen LogP contribution < -0.4 is 5.32 Å². The Morgan fingerprint density at radius 2 is 1.84 bits per heavy atom. The van der Waals surface area contributed by atoms with Gasteiger partial charge < -0.3 is 10.1 Å². The predicted octanol–water partition coefficient (Wildman–Crippen LogP) is 7.31. The van der Waals surface area contributed by atoms with Crippen LogP contribution in [0.15, 0.2) is 47.1 Å². The number of rotatable bonds is 8. The number of nitrogens with one attached hydrogen (secondary N) is 1. The number of ether oxygens (including phenoxy) is 1. The molecule has 1 fully saturated rings. The van der Waals surface area contributed by atoms with Crippen LogP contribution >= 0.6 is 11.6 Å². The fourth-order valence-electron chi connectivity index (χ4n) is 5.76. The van der Waals surface area contributed by atoms with Gasteiger partial charge in [-0.15, -0.1) is 12.3 Å². The van der Waals surface area contributed by atoms with Gasteiger partial charge in [-0.05, 0) is 60.6 Å². The van der Waals surface area contributed by atoms with Crippen LogP contribution in [0.2, 0.25) is 5.02 Å². The van der Waals surface area contributed by atoms with E-state index in [1.165, 1.54) is 11.1 Å². The molecule has 7 nitrogen and oxygen atoms in total. The van der Waals surface area contributed by atoms with Gasteiger partial charge in [-0.3, -0.25) is 19.1 Å². The van der Waals surface area contributed by atoms with Crippen molar-refractivity contribution in [1.29, 1.82) is 0 Å². The molecule has 242 valence electrons. The fraction of sp³-hybridized carbons (Fsp3) is 0.514. The third-order valence-electron chi connectivity index (χ3n) is 8.76. The average Bonchev–Trinajstić information content (AvgIpc) is 3.19. The molecule has 1 heterocycles. The number of amides is 1. The summed E-state index contributed by atoms with van der Waals surface area (Å²) in [6.07, 6.45) is 8.23. The smallest absolute Gasteiger partial charge is 0.310 e. The maximum atomic E-state index is 12.5. The number of esters is 1.